The highest BCUT2D eigenvalue weighted by molar-refractivity contribution is 6.02. The predicted octanol–water partition coefficient (Wildman–Crippen LogP) is 2.14. The number of aromatic amines is 1. The highest BCUT2D eigenvalue weighted by atomic mass is 16.5. The Morgan fingerprint density at radius 2 is 2.04 bits per heavy atom. The summed E-state index contributed by atoms with van der Waals surface area (Å²) in [7, 11) is 1.52. The van der Waals surface area contributed by atoms with Crippen molar-refractivity contribution in [2.24, 2.45) is 0 Å². The quantitative estimate of drug-likeness (QED) is 0.590. The van der Waals surface area contributed by atoms with E-state index in [9.17, 15) is 9.59 Å². The van der Waals surface area contributed by atoms with E-state index in [-0.39, 0.29) is 11.5 Å². The lowest BCUT2D eigenvalue weighted by Crippen LogP contribution is -2.14. The van der Waals surface area contributed by atoms with Gasteiger partial charge in [-0.1, -0.05) is 18.2 Å². The van der Waals surface area contributed by atoms with Crippen molar-refractivity contribution >= 4 is 28.3 Å². The summed E-state index contributed by atoms with van der Waals surface area (Å²) in [6, 6.07) is 12.6. The average molecular weight is 349 g/mol. The summed E-state index contributed by atoms with van der Waals surface area (Å²) >= 11 is 0. The van der Waals surface area contributed by atoms with Gasteiger partial charge in [-0.3, -0.25) is 9.59 Å². The van der Waals surface area contributed by atoms with Crippen molar-refractivity contribution < 1.29 is 9.53 Å². The molecule has 26 heavy (non-hydrogen) atoms. The Kier molecular flexibility index (Phi) is 3.65. The van der Waals surface area contributed by atoms with E-state index < -0.39 is 11.5 Å². The van der Waals surface area contributed by atoms with Crippen molar-refractivity contribution in [2.45, 2.75) is 6.92 Å². The number of ether oxygens (including phenoxy) is 1. The standard InChI is InChI=1S/C18H15N5O3/c1-10-7-8-13-12(9-10)20-18(25)16-21-15(22-23(13)16)17(24)19-11-5-3-4-6-14(11)26-2/h3-9H,1-2H3,(H,19,24)(H,20,25). The second-order valence-corrected chi connectivity index (χ2v) is 5.80. The third-order valence-electron chi connectivity index (χ3n) is 4.00. The number of hydrogen-bond donors (Lipinski definition) is 2. The number of methoxy groups -OCH3 is 1. The molecule has 0 atom stereocenters. The molecular weight excluding hydrogens is 334 g/mol. The maximum atomic E-state index is 12.5. The molecule has 0 bridgehead atoms. The van der Waals surface area contributed by atoms with Crippen LogP contribution < -0.4 is 15.6 Å². The number of amides is 1. The molecule has 2 heterocycles. The molecule has 8 heteroatoms. The Balaban J connectivity index is 1.80. The van der Waals surface area contributed by atoms with Gasteiger partial charge in [-0.2, -0.15) is 4.98 Å². The molecule has 4 rings (SSSR count). The zero-order chi connectivity index (χ0) is 18.3. The van der Waals surface area contributed by atoms with Gasteiger partial charge < -0.3 is 15.0 Å². The molecule has 0 unspecified atom stereocenters. The molecule has 130 valence electrons. The van der Waals surface area contributed by atoms with E-state index >= 15 is 0 Å². The SMILES string of the molecule is COc1ccccc1NC(=O)c1nc2c(=O)[nH]c3cc(C)ccc3n2n1. The number of anilines is 1. The van der Waals surface area contributed by atoms with Crippen molar-refractivity contribution in [3.05, 3.63) is 64.2 Å². The van der Waals surface area contributed by atoms with Crippen LogP contribution in [0.1, 0.15) is 16.2 Å². The Bertz CT molecular complexity index is 1210. The number of aromatic nitrogens is 4. The van der Waals surface area contributed by atoms with E-state index in [1.807, 2.05) is 25.1 Å². The van der Waals surface area contributed by atoms with Gasteiger partial charge in [0.2, 0.25) is 11.5 Å². The van der Waals surface area contributed by atoms with E-state index in [0.29, 0.717) is 22.5 Å². The first-order chi connectivity index (χ1) is 12.6. The fraction of sp³-hybridized carbons (Fsp3) is 0.111. The van der Waals surface area contributed by atoms with Crippen LogP contribution in [0.5, 0.6) is 5.75 Å². The van der Waals surface area contributed by atoms with Crippen molar-refractivity contribution in [1.82, 2.24) is 19.6 Å². The third-order valence-corrected chi connectivity index (χ3v) is 4.00. The van der Waals surface area contributed by atoms with Gasteiger partial charge in [0.05, 0.1) is 23.8 Å². The lowest BCUT2D eigenvalue weighted by Gasteiger charge is -2.07. The van der Waals surface area contributed by atoms with Crippen LogP contribution >= 0.6 is 0 Å². The summed E-state index contributed by atoms with van der Waals surface area (Å²) in [5.41, 5.74) is 2.44. The first-order valence-corrected chi connectivity index (χ1v) is 7.90. The number of rotatable bonds is 3. The molecule has 0 aliphatic rings. The van der Waals surface area contributed by atoms with E-state index in [1.165, 1.54) is 11.6 Å². The Labute approximate surface area is 147 Å². The van der Waals surface area contributed by atoms with Crippen LogP contribution in [0, 0.1) is 6.92 Å². The number of carbonyl (C=O) groups is 1. The zero-order valence-corrected chi connectivity index (χ0v) is 14.1. The summed E-state index contributed by atoms with van der Waals surface area (Å²) in [4.78, 5) is 31.7. The molecule has 4 aromatic rings. The summed E-state index contributed by atoms with van der Waals surface area (Å²) in [5, 5.41) is 6.92. The van der Waals surface area contributed by atoms with E-state index in [1.54, 1.807) is 24.3 Å². The van der Waals surface area contributed by atoms with Gasteiger partial charge in [0, 0.05) is 0 Å². The van der Waals surface area contributed by atoms with Crippen LogP contribution in [0.15, 0.2) is 47.3 Å². The van der Waals surface area contributed by atoms with Gasteiger partial charge in [-0.05, 0) is 36.8 Å². The molecule has 0 aliphatic heterocycles. The normalized spacial score (nSPS) is 11.0. The smallest absolute Gasteiger partial charge is 0.295 e. The number of nitrogens with one attached hydrogen (secondary N) is 2. The molecule has 0 saturated carbocycles. The molecule has 0 radical (unpaired) electrons. The molecule has 0 aliphatic carbocycles. The predicted molar refractivity (Wildman–Crippen MR) is 96.8 cm³/mol. The summed E-state index contributed by atoms with van der Waals surface area (Å²) in [6.07, 6.45) is 0. The van der Waals surface area contributed by atoms with Crippen molar-refractivity contribution in [3.8, 4) is 5.75 Å². The molecule has 2 aromatic heterocycles. The lowest BCUT2D eigenvalue weighted by atomic mass is 10.2. The molecule has 2 aromatic carbocycles. The van der Waals surface area contributed by atoms with Crippen molar-refractivity contribution in [1.29, 1.82) is 0 Å². The second-order valence-electron chi connectivity index (χ2n) is 5.80. The van der Waals surface area contributed by atoms with Crippen molar-refractivity contribution in [2.75, 3.05) is 12.4 Å². The number of aryl methyl sites for hydroxylation is 1. The number of fused-ring (bicyclic) bond motifs is 3. The number of hydrogen-bond acceptors (Lipinski definition) is 5. The van der Waals surface area contributed by atoms with Crippen LogP contribution in [0.2, 0.25) is 0 Å². The maximum absolute atomic E-state index is 12.5. The van der Waals surface area contributed by atoms with E-state index in [0.717, 1.165) is 5.56 Å². The molecule has 0 saturated heterocycles. The van der Waals surface area contributed by atoms with Gasteiger partial charge in [0.25, 0.3) is 11.5 Å². The molecule has 8 nitrogen and oxygen atoms in total. The number of H-pyrrole nitrogens is 1. The number of para-hydroxylation sites is 2. The van der Waals surface area contributed by atoms with Gasteiger partial charge >= 0.3 is 0 Å². The molecule has 0 fully saturated rings. The first-order valence-electron chi connectivity index (χ1n) is 7.90. The largest absolute Gasteiger partial charge is 0.495 e. The summed E-state index contributed by atoms with van der Waals surface area (Å²) in [5.74, 6) is -0.115. The zero-order valence-electron chi connectivity index (χ0n) is 14.1. The van der Waals surface area contributed by atoms with Crippen LogP contribution in [0.4, 0.5) is 5.69 Å². The van der Waals surface area contributed by atoms with Crippen molar-refractivity contribution in [3.63, 3.8) is 0 Å². The third kappa shape index (κ3) is 2.57. The molecule has 2 N–H and O–H groups in total. The molecule has 0 spiro atoms. The number of benzene rings is 2. The minimum Gasteiger partial charge on any atom is -0.495 e. The van der Waals surface area contributed by atoms with E-state index in [4.69, 9.17) is 4.74 Å². The Morgan fingerprint density at radius 3 is 2.85 bits per heavy atom. The number of carbonyl (C=O) groups excluding carboxylic acids is 1. The Morgan fingerprint density at radius 1 is 1.23 bits per heavy atom. The first kappa shape index (κ1) is 15.8. The average Bonchev–Trinajstić information content (AvgIpc) is 3.08. The highest BCUT2D eigenvalue weighted by Gasteiger charge is 2.18. The fourth-order valence-electron chi connectivity index (χ4n) is 2.76. The second kappa shape index (κ2) is 5.99. The van der Waals surface area contributed by atoms with E-state index in [2.05, 4.69) is 20.4 Å². The minimum atomic E-state index is -0.530. The van der Waals surface area contributed by atoms with Crippen LogP contribution in [-0.2, 0) is 0 Å². The Hall–Kier alpha value is -3.68. The number of nitrogens with zero attached hydrogens (tertiary/aromatic N) is 3. The lowest BCUT2D eigenvalue weighted by molar-refractivity contribution is 0.101. The molecular formula is C18H15N5O3. The summed E-state index contributed by atoms with van der Waals surface area (Å²) < 4.78 is 6.59. The van der Waals surface area contributed by atoms with Gasteiger partial charge in [0.1, 0.15) is 5.75 Å². The van der Waals surface area contributed by atoms with Gasteiger partial charge in [0.15, 0.2) is 0 Å². The highest BCUT2D eigenvalue weighted by Crippen LogP contribution is 2.23. The summed E-state index contributed by atoms with van der Waals surface area (Å²) in [6.45, 7) is 1.93. The van der Waals surface area contributed by atoms with Crippen LogP contribution in [0.25, 0.3) is 16.7 Å². The monoisotopic (exact) mass is 349 g/mol. The molecule has 1 amide bonds. The van der Waals surface area contributed by atoms with Crippen LogP contribution in [-0.4, -0.2) is 32.6 Å². The topological polar surface area (TPSA) is 101 Å². The minimum absolute atomic E-state index is 0.0616. The van der Waals surface area contributed by atoms with Gasteiger partial charge in [-0.25, -0.2) is 4.52 Å². The maximum Gasteiger partial charge on any atom is 0.295 e. The van der Waals surface area contributed by atoms with Crippen LogP contribution in [0.3, 0.4) is 0 Å². The van der Waals surface area contributed by atoms with Gasteiger partial charge in [-0.15, -0.1) is 5.10 Å². The fourth-order valence-corrected chi connectivity index (χ4v) is 2.76.